The van der Waals surface area contributed by atoms with Gasteiger partial charge in [-0.25, -0.2) is 9.97 Å². The van der Waals surface area contributed by atoms with Gasteiger partial charge in [0.1, 0.15) is 22.3 Å². The molecule has 2 aromatic heterocycles. The van der Waals surface area contributed by atoms with Crippen LogP contribution in [-0.4, -0.2) is 87.4 Å². The Morgan fingerprint density at radius 3 is 1.73 bits per heavy atom. The number of pyridine rings is 1. The van der Waals surface area contributed by atoms with Gasteiger partial charge in [-0.3, -0.25) is 4.90 Å². The molecular formula is C49H74N6O2S3. The Kier molecular flexibility index (Phi) is 28.8. The van der Waals surface area contributed by atoms with E-state index in [0.717, 1.165) is 81.2 Å². The van der Waals surface area contributed by atoms with Crippen LogP contribution in [-0.2, 0) is 0 Å². The lowest BCUT2D eigenvalue weighted by molar-refractivity contribution is 0.298. The maximum atomic E-state index is 9.46. The van der Waals surface area contributed by atoms with Crippen molar-refractivity contribution in [3.63, 3.8) is 0 Å². The van der Waals surface area contributed by atoms with E-state index in [2.05, 4.69) is 121 Å². The first-order valence-corrected chi connectivity index (χ1v) is 24.1. The molecule has 0 spiro atoms. The summed E-state index contributed by atoms with van der Waals surface area (Å²) in [6, 6.07) is 24.6. The van der Waals surface area contributed by atoms with Gasteiger partial charge in [0.2, 0.25) is 0 Å². The third kappa shape index (κ3) is 22.2. The number of nitrogens with one attached hydrogen (secondary N) is 2. The fourth-order valence-corrected chi connectivity index (χ4v) is 7.57. The number of hydrogen-bond acceptors (Lipinski definition) is 11. The summed E-state index contributed by atoms with van der Waals surface area (Å²) in [5, 5.41) is 26.0. The van der Waals surface area contributed by atoms with E-state index in [0.29, 0.717) is 5.75 Å². The number of phenolic OH excluding ortho intramolecular Hbond substituents is 2. The minimum atomic E-state index is 0.267. The van der Waals surface area contributed by atoms with Crippen LogP contribution < -0.4 is 10.6 Å². The van der Waals surface area contributed by atoms with Crippen LogP contribution in [0.2, 0.25) is 0 Å². The van der Waals surface area contributed by atoms with E-state index < -0.39 is 0 Å². The fraction of sp³-hybridized carbons (Fsp3) is 0.469. The third-order valence-electron chi connectivity index (χ3n) is 9.56. The van der Waals surface area contributed by atoms with Crippen molar-refractivity contribution in [2.45, 2.75) is 92.9 Å². The van der Waals surface area contributed by atoms with Gasteiger partial charge in [-0.2, -0.15) is 25.3 Å². The van der Waals surface area contributed by atoms with Crippen molar-refractivity contribution in [1.29, 1.82) is 0 Å². The number of nitrogens with zero attached hydrogens (tertiary/aromatic N) is 4. The molecule has 0 saturated heterocycles. The number of phenols is 2. The van der Waals surface area contributed by atoms with E-state index >= 15 is 0 Å². The molecule has 0 amide bonds. The molecule has 0 radical (unpaired) electrons. The van der Waals surface area contributed by atoms with Crippen LogP contribution in [0.3, 0.4) is 0 Å². The summed E-state index contributed by atoms with van der Waals surface area (Å²) in [5.41, 5.74) is 5.25. The highest BCUT2D eigenvalue weighted by atomic mass is 32.1. The van der Waals surface area contributed by atoms with Crippen LogP contribution in [0.25, 0.3) is 32.9 Å². The lowest BCUT2D eigenvalue weighted by Crippen LogP contribution is -2.26. The van der Waals surface area contributed by atoms with E-state index in [1.807, 2.05) is 49.5 Å². The van der Waals surface area contributed by atoms with Gasteiger partial charge < -0.3 is 25.7 Å². The number of aromatic hydroxyl groups is 2. The molecule has 0 atom stereocenters. The minimum absolute atomic E-state index is 0.267. The quantitative estimate of drug-likeness (QED) is 0.0177. The SMILES string of the molecule is CCCCCCN(CC)CCS.CCCCCCN(CC)CS.CCNc1ccc(-c2nc3ccc(O)cc3s2)cn1.CCNc1ccc(/C=C/c2ccc(O)cc2)cc1. The minimum Gasteiger partial charge on any atom is -0.508 e. The molecule has 3 aromatic carbocycles. The Morgan fingerprint density at radius 2 is 1.22 bits per heavy atom. The second-order valence-corrected chi connectivity index (χ2v) is 16.1. The summed E-state index contributed by atoms with van der Waals surface area (Å²) in [4.78, 5) is 13.7. The largest absolute Gasteiger partial charge is 0.508 e. The number of anilines is 2. The van der Waals surface area contributed by atoms with E-state index in [-0.39, 0.29) is 5.75 Å². The predicted octanol–water partition coefficient (Wildman–Crippen LogP) is 13.1. The summed E-state index contributed by atoms with van der Waals surface area (Å²) in [6.07, 6.45) is 16.8. The number of hydrogen-bond donors (Lipinski definition) is 6. The molecule has 0 unspecified atom stereocenters. The average Bonchev–Trinajstić information content (AvgIpc) is 3.70. The van der Waals surface area contributed by atoms with Crippen molar-refractivity contribution < 1.29 is 10.2 Å². The number of benzene rings is 3. The van der Waals surface area contributed by atoms with Crippen LogP contribution in [0.1, 0.15) is 104 Å². The number of unbranched alkanes of at least 4 members (excludes halogenated alkanes) is 6. The van der Waals surface area contributed by atoms with Gasteiger partial charge in [-0.05, 0) is 119 Å². The van der Waals surface area contributed by atoms with Gasteiger partial charge in [-0.1, -0.05) is 103 Å². The molecule has 60 heavy (non-hydrogen) atoms. The summed E-state index contributed by atoms with van der Waals surface area (Å²) in [7, 11) is 0. The standard InChI is InChI=1S/C16H17NO.C14H13N3OS.C10H23NS.C9H21NS/c1-2-17-15-9-5-13(6-10-15)3-4-14-7-11-16(18)12-8-14;1-2-15-13-6-3-9(8-16-13)14-17-11-5-4-10(18)7-12(11)19-14;1-3-5-6-7-8-11(4-2)9-10-12;1-3-5-6-7-8-10(4-2)9-11/h3-12,17-18H,2H2,1H3;3-8,18H,2H2,1H3,(H,15,16);12H,3-10H2,1-2H3;11H,3-9H2,1-2H3/b4-3+;;;. The Morgan fingerprint density at radius 1 is 0.633 bits per heavy atom. The van der Waals surface area contributed by atoms with Crippen LogP contribution in [0.4, 0.5) is 11.5 Å². The number of rotatable bonds is 22. The second-order valence-electron chi connectivity index (χ2n) is 14.3. The second kappa shape index (κ2) is 33.0. The molecule has 8 nitrogen and oxygen atoms in total. The molecule has 11 heteroatoms. The highest BCUT2D eigenvalue weighted by Crippen LogP contribution is 2.32. The van der Waals surface area contributed by atoms with Crippen molar-refractivity contribution in [2.24, 2.45) is 0 Å². The van der Waals surface area contributed by atoms with Crippen molar-refractivity contribution in [1.82, 2.24) is 19.8 Å². The Bertz CT molecular complexity index is 1810. The van der Waals surface area contributed by atoms with Crippen molar-refractivity contribution in [3.05, 3.63) is 96.2 Å². The van der Waals surface area contributed by atoms with Crippen LogP contribution >= 0.6 is 36.6 Å². The molecule has 5 aromatic rings. The highest BCUT2D eigenvalue weighted by Gasteiger charge is 2.07. The summed E-state index contributed by atoms with van der Waals surface area (Å²) < 4.78 is 0.978. The maximum Gasteiger partial charge on any atom is 0.126 e. The Hall–Kier alpha value is -3.74. The smallest absolute Gasteiger partial charge is 0.126 e. The Labute approximate surface area is 377 Å². The lowest BCUT2D eigenvalue weighted by atomic mass is 10.1. The van der Waals surface area contributed by atoms with Crippen LogP contribution in [0, 0.1) is 0 Å². The first-order chi connectivity index (χ1) is 29.2. The van der Waals surface area contributed by atoms with Crippen molar-refractivity contribution >= 4 is 70.5 Å². The van der Waals surface area contributed by atoms with Crippen molar-refractivity contribution in [3.8, 4) is 22.1 Å². The molecule has 0 fully saturated rings. The van der Waals surface area contributed by atoms with E-state index in [4.69, 9.17) is 0 Å². The Balaban J connectivity index is 0.000000284. The molecular weight excluding hydrogens is 801 g/mol. The fourth-order valence-electron chi connectivity index (χ4n) is 5.96. The van der Waals surface area contributed by atoms with Gasteiger partial charge in [0.15, 0.2) is 0 Å². The van der Waals surface area contributed by atoms with Gasteiger partial charge in [0.05, 0.1) is 10.2 Å². The molecule has 0 saturated carbocycles. The van der Waals surface area contributed by atoms with E-state index in [1.165, 1.54) is 71.0 Å². The van der Waals surface area contributed by atoms with E-state index in [1.54, 1.807) is 35.6 Å². The zero-order chi connectivity index (χ0) is 43.8. The molecule has 330 valence electrons. The van der Waals surface area contributed by atoms with Crippen LogP contribution in [0.15, 0.2) is 85.1 Å². The summed E-state index contributed by atoms with van der Waals surface area (Å²) in [5.74, 6) is 3.32. The van der Waals surface area contributed by atoms with Crippen molar-refractivity contribution in [2.75, 3.05) is 68.1 Å². The molecule has 0 aliphatic rings. The zero-order valence-electron chi connectivity index (χ0n) is 37.2. The molecule has 0 aliphatic carbocycles. The summed E-state index contributed by atoms with van der Waals surface area (Å²) in [6.45, 7) is 20.8. The average molecular weight is 875 g/mol. The van der Waals surface area contributed by atoms with E-state index in [9.17, 15) is 10.2 Å². The molecule has 4 N–H and O–H groups in total. The number of aromatic nitrogens is 2. The highest BCUT2D eigenvalue weighted by molar-refractivity contribution is 7.80. The number of thiazole rings is 1. The first-order valence-electron chi connectivity index (χ1n) is 22.0. The topological polar surface area (TPSA) is 96.8 Å². The zero-order valence-corrected chi connectivity index (χ0v) is 39.8. The van der Waals surface area contributed by atoms with Crippen LogP contribution in [0.5, 0.6) is 11.5 Å². The summed E-state index contributed by atoms with van der Waals surface area (Å²) >= 11 is 10.0. The molecule has 0 bridgehead atoms. The van der Waals surface area contributed by atoms with Gasteiger partial charge in [0.25, 0.3) is 0 Å². The number of thiol groups is 2. The molecule has 0 aliphatic heterocycles. The third-order valence-corrected chi connectivity index (χ3v) is 11.2. The molecule has 5 rings (SSSR count). The monoisotopic (exact) mass is 875 g/mol. The maximum absolute atomic E-state index is 9.46. The normalized spacial score (nSPS) is 10.8. The van der Waals surface area contributed by atoms with Gasteiger partial charge in [-0.15, -0.1) is 11.3 Å². The molecule has 2 heterocycles. The lowest BCUT2D eigenvalue weighted by Gasteiger charge is -2.18. The predicted molar refractivity (Wildman–Crippen MR) is 272 cm³/mol. The van der Waals surface area contributed by atoms with Gasteiger partial charge >= 0.3 is 0 Å². The number of fused-ring (bicyclic) bond motifs is 1. The van der Waals surface area contributed by atoms with Gasteiger partial charge in [0, 0.05) is 48.7 Å². The first kappa shape index (κ1) is 52.4.